The highest BCUT2D eigenvalue weighted by Gasteiger charge is 2.26. The van der Waals surface area contributed by atoms with Gasteiger partial charge in [0.25, 0.3) is 11.8 Å². The normalized spacial score (nSPS) is 11.9. The summed E-state index contributed by atoms with van der Waals surface area (Å²) in [4.78, 5) is 71.0. The van der Waals surface area contributed by atoms with Crippen molar-refractivity contribution in [1.29, 1.82) is 0 Å². The number of aryl methyl sites for hydroxylation is 2. The highest BCUT2D eigenvalue weighted by Crippen LogP contribution is 2.38. The van der Waals surface area contributed by atoms with Crippen LogP contribution in [0.4, 0.5) is 11.4 Å². The van der Waals surface area contributed by atoms with E-state index in [1.807, 2.05) is 38.0 Å². The molecule has 0 unspecified atom stereocenters. The number of aromatic nitrogens is 8. The van der Waals surface area contributed by atoms with Crippen LogP contribution in [0, 0.1) is 0 Å². The van der Waals surface area contributed by atoms with Crippen LogP contribution >= 0.6 is 0 Å². The maximum absolute atomic E-state index is 13.8. The van der Waals surface area contributed by atoms with E-state index < -0.39 is 11.8 Å². The molecule has 6 bridgehead atoms. The number of carbonyl (C=O) groups excluding carboxylic acids is 2. The largest absolute Gasteiger partial charge is 0.373 e. The van der Waals surface area contributed by atoms with Gasteiger partial charge in [-0.15, -0.1) is 0 Å². The molecule has 4 rings (SSSR count). The second-order valence-corrected chi connectivity index (χ2v) is 13.4. The van der Waals surface area contributed by atoms with Crippen LogP contribution in [0.15, 0.2) is 0 Å². The number of anilines is 2. The summed E-state index contributed by atoms with van der Waals surface area (Å²) >= 11 is 0. The predicted octanol–water partition coefficient (Wildman–Crippen LogP) is 5.53. The fourth-order valence-corrected chi connectivity index (χ4v) is 6.12. The second-order valence-electron chi connectivity index (χ2n) is 13.4. The standard InChI is InChI=1S/C36H54N12O2/c1-13-17-21-23(19-15-3)29-37-27(21)39-31-25(45(5)6)26(46(7)8)32(43-31)40-28-22(18-14-2)24(20-16-4)30(38-28)42-34(36(50)48(11)12)44-33(41-29)35(49)47(9)10/h13-20H2,1-12H3,(H2,37,38,39,40,41,42,43,44). The minimum atomic E-state index is -0.478. The molecule has 4 heterocycles. The van der Waals surface area contributed by atoms with Crippen molar-refractivity contribution in [1.82, 2.24) is 49.7 Å². The van der Waals surface area contributed by atoms with Crippen molar-refractivity contribution in [3.8, 4) is 0 Å². The van der Waals surface area contributed by atoms with Crippen LogP contribution in [0.25, 0.3) is 33.7 Å². The average molecular weight is 687 g/mol. The summed E-state index contributed by atoms with van der Waals surface area (Å²) in [6.07, 6.45) is 6.27. The number of nitrogens with one attached hydrogen (secondary N) is 2. The van der Waals surface area contributed by atoms with Crippen molar-refractivity contribution < 1.29 is 9.59 Å². The molecule has 3 aromatic rings. The number of fused-ring (bicyclic) bond motifs is 6. The van der Waals surface area contributed by atoms with Gasteiger partial charge in [0.1, 0.15) is 22.7 Å². The maximum Gasteiger partial charge on any atom is 0.291 e. The molecule has 0 radical (unpaired) electrons. The highest BCUT2D eigenvalue weighted by molar-refractivity contribution is 5.97. The molecule has 0 spiro atoms. The van der Waals surface area contributed by atoms with E-state index in [-0.39, 0.29) is 11.6 Å². The topological polar surface area (TPSA) is 156 Å². The number of carbonyl (C=O) groups is 2. The number of H-pyrrole nitrogens is 2. The quantitative estimate of drug-likeness (QED) is 0.248. The number of nitrogens with zero attached hydrogens (tertiary/aromatic N) is 10. The summed E-state index contributed by atoms with van der Waals surface area (Å²) in [5.74, 6) is -0.415. The summed E-state index contributed by atoms with van der Waals surface area (Å²) < 4.78 is 0. The summed E-state index contributed by atoms with van der Waals surface area (Å²) in [7, 11) is 14.5. The Balaban J connectivity index is 2.42. The van der Waals surface area contributed by atoms with Gasteiger partial charge in [-0.1, -0.05) is 53.4 Å². The van der Waals surface area contributed by atoms with Crippen molar-refractivity contribution in [3.63, 3.8) is 0 Å². The Kier molecular flexibility index (Phi) is 12.3. The SMILES string of the molecule is CCCC1=C(CCC)c2nc1nc(C(=O)N(C)C)nc(C(=O)N(C)C)nc1[nH]c(nc3[nH]c(n2)c(N(C)C)c3N(C)C)c(CCC)c1CCC. The molecular weight excluding hydrogens is 632 g/mol. The van der Waals surface area contributed by atoms with E-state index in [0.29, 0.717) is 47.1 Å². The van der Waals surface area contributed by atoms with Crippen molar-refractivity contribution in [2.45, 2.75) is 79.1 Å². The molecule has 0 aromatic carbocycles. The molecule has 0 aliphatic carbocycles. The molecule has 50 heavy (non-hydrogen) atoms. The van der Waals surface area contributed by atoms with Gasteiger partial charge in [-0.05, 0) is 25.7 Å². The van der Waals surface area contributed by atoms with Gasteiger partial charge < -0.3 is 29.6 Å². The molecular formula is C36H54N12O2. The maximum atomic E-state index is 13.8. The third-order valence-corrected chi connectivity index (χ3v) is 8.37. The lowest BCUT2D eigenvalue weighted by Gasteiger charge is -2.18. The predicted molar refractivity (Wildman–Crippen MR) is 201 cm³/mol. The molecule has 2 N–H and O–H groups in total. The van der Waals surface area contributed by atoms with Crippen LogP contribution in [0.1, 0.15) is 110 Å². The zero-order chi connectivity index (χ0) is 36.9. The van der Waals surface area contributed by atoms with E-state index in [9.17, 15) is 9.59 Å². The fourth-order valence-electron chi connectivity index (χ4n) is 6.12. The first-order valence-corrected chi connectivity index (χ1v) is 17.6. The minimum absolute atomic E-state index is 0.169. The molecule has 0 atom stereocenters. The Labute approximate surface area is 295 Å². The van der Waals surface area contributed by atoms with Crippen LogP contribution in [0.5, 0.6) is 0 Å². The number of rotatable bonds is 12. The van der Waals surface area contributed by atoms with Gasteiger partial charge in [-0.3, -0.25) is 9.59 Å². The van der Waals surface area contributed by atoms with Gasteiger partial charge in [0.05, 0.1) is 0 Å². The number of allylic oxidation sites excluding steroid dienone is 2. The van der Waals surface area contributed by atoms with Crippen molar-refractivity contribution in [2.24, 2.45) is 0 Å². The lowest BCUT2D eigenvalue weighted by atomic mass is 10.0. The number of aromatic amines is 2. The molecule has 270 valence electrons. The van der Waals surface area contributed by atoms with Gasteiger partial charge in [-0.2, -0.15) is 4.98 Å². The Morgan fingerprint density at radius 2 is 0.880 bits per heavy atom. The van der Waals surface area contributed by atoms with Crippen LogP contribution in [-0.2, 0) is 12.8 Å². The first-order chi connectivity index (χ1) is 23.8. The molecule has 1 aliphatic heterocycles. The molecule has 0 saturated carbocycles. The molecule has 0 fully saturated rings. The monoisotopic (exact) mass is 686 g/mol. The van der Waals surface area contributed by atoms with Crippen molar-refractivity contribution >= 4 is 56.9 Å². The number of hydrogen-bond acceptors (Lipinski definition) is 10. The van der Waals surface area contributed by atoms with Crippen LogP contribution in [-0.4, -0.2) is 118 Å². The average Bonchev–Trinajstić information content (AvgIpc) is 3.68. The van der Waals surface area contributed by atoms with Gasteiger partial charge in [0.15, 0.2) is 22.9 Å². The van der Waals surface area contributed by atoms with E-state index >= 15 is 0 Å². The highest BCUT2D eigenvalue weighted by atomic mass is 16.2. The smallest absolute Gasteiger partial charge is 0.291 e. The van der Waals surface area contributed by atoms with E-state index in [1.54, 1.807) is 28.2 Å². The zero-order valence-corrected chi connectivity index (χ0v) is 31.9. The second kappa shape index (κ2) is 16.2. The van der Waals surface area contributed by atoms with E-state index in [2.05, 4.69) is 42.6 Å². The van der Waals surface area contributed by atoms with Crippen molar-refractivity contribution in [2.75, 3.05) is 66.2 Å². The van der Waals surface area contributed by atoms with Crippen LogP contribution in [0.3, 0.4) is 0 Å². The third kappa shape index (κ3) is 7.79. The first-order valence-electron chi connectivity index (χ1n) is 17.6. The summed E-state index contributed by atoms with van der Waals surface area (Å²) in [6, 6.07) is 0. The Bertz CT molecular complexity index is 1920. The minimum Gasteiger partial charge on any atom is -0.373 e. The van der Waals surface area contributed by atoms with Crippen molar-refractivity contribution in [3.05, 3.63) is 34.4 Å². The lowest BCUT2D eigenvalue weighted by Crippen LogP contribution is -2.27. The summed E-state index contributed by atoms with van der Waals surface area (Å²) in [5, 5.41) is 0. The molecule has 3 aromatic heterocycles. The Morgan fingerprint density at radius 1 is 0.480 bits per heavy atom. The zero-order valence-electron chi connectivity index (χ0n) is 31.9. The van der Waals surface area contributed by atoms with Gasteiger partial charge in [0.2, 0.25) is 11.6 Å². The van der Waals surface area contributed by atoms with Gasteiger partial charge in [-0.25, -0.2) is 24.9 Å². The third-order valence-electron chi connectivity index (χ3n) is 8.37. The molecule has 14 heteroatoms. The Morgan fingerprint density at radius 3 is 1.32 bits per heavy atom. The first kappa shape index (κ1) is 37.9. The molecule has 0 saturated heterocycles. The molecule has 14 nitrogen and oxygen atoms in total. The summed E-state index contributed by atoms with van der Waals surface area (Å²) in [6.45, 7) is 8.44. The molecule has 1 aliphatic rings. The fraction of sp³-hybridized carbons (Fsp3) is 0.556. The Hall–Kier alpha value is -4.88. The van der Waals surface area contributed by atoms with E-state index in [4.69, 9.17) is 24.9 Å². The van der Waals surface area contributed by atoms with E-state index in [0.717, 1.165) is 72.2 Å². The van der Waals surface area contributed by atoms with Gasteiger partial charge >= 0.3 is 0 Å². The van der Waals surface area contributed by atoms with Gasteiger partial charge in [0, 0.05) is 78.7 Å². The van der Waals surface area contributed by atoms with Crippen LogP contribution < -0.4 is 9.80 Å². The number of amides is 2. The summed E-state index contributed by atoms with van der Waals surface area (Å²) in [5.41, 5.74) is 7.95. The van der Waals surface area contributed by atoms with Crippen LogP contribution in [0.2, 0.25) is 0 Å². The lowest BCUT2D eigenvalue weighted by molar-refractivity contribution is 0.0808. The number of hydrogen-bond donors (Lipinski definition) is 2. The van der Waals surface area contributed by atoms with E-state index in [1.165, 1.54) is 9.80 Å². The molecule has 2 amide bonds.